The normalized spacial score (nSPS) is 12.4. The molecule has 5 aromatic rings. The van der Waals surface area contributed by atoms with Gasteiger partial charge in [-0.2, -0.15) is 0 Å². The van der Waals surface area contributed by atoms with Gasteiger partial charge in [0.05, 0.1) is 16.9 Å². The number of benzene rings is 3. The number of carbonyl (C=O) groups excluding carboxylic acids is 1. The van der Waals surface area contributed by atoms with Crippen molar-refractivity contribution in [3.63, 3.8) is 0 Å². The Morgan fingerprint density at radius 3 is 2.43 bits per heavy atom. The van der Waals surface area contributed by atoms with Gasteiger partial charge in [0.25, 0.3) is 0 Å². The maximum atomic E-state index is 14.5. The van der Waals surface area contributed by atoms with Crippen LogP contribution >= 0.6 is 23.7 Å². The summed E-state index contributed by atoms with van der Waals surface area (Å²) in [5.74, 6) is -1.03. The monoisotopic (exact) mass is 538 g/mol. The van der Waals surface area contributed by atoms with Gasteiger partial charge in [0.1, 0.15) is 22.8 Å². The van der Waals surface area contributed by atoms with Crippen LogP contribution in [0.25, 0.3) is 10.2 Å². The highest BCUT2D eigenvalue weighted by molar-refractivity contribution is 7.22. The number of imidazole rings is 1. The van der Waals surface area contributed by atoms with Gasteiger partial charge in [-0.25, -0.2) is 18.7 Å². The smallest absolute Gasteiger partial charge is 0.241 e. The van der Waals surface area contributed by atoms with E-state index in [9.17, 15) is 13.6 Å². The number of aryl methyl sites for hydroxylation is 1. The number of hydrogen-bond acceptors (Lipinski definition) is 5. The molecule has 0 unspecified atom stereocenters. The first-order valence-electron chi connectivity index (χ1n) is 11.5. The number of thiazole rings is 1. The SMILES string of the molecule is Cl.O=C(C1c2ccccc2Oc2ccccc21)N(CCCn1ccnc1)c1nc2c(F)cc(F)cc2s1. The van der Waals surface area contributed by atoms with Gasteiger partial charge in [-0.05, 0) is 24.6 Å². The molecule has 0 atom stereocenters. The second-order valence-electron chi connectivity index (χ2n) is 8.49. The molecular weight excluding hydrogens is 518 g/mol. The summed E-state index contributed by atoms with van der Waals surface area (Å²) < 4.78 is 36.7. The Hall–Kier alpha value is -3.82. The predicted octanol–water partition coefficient (Wildman–Crippen LogP) is 6.55. The third-order valence-corrected chi connectivity index (χ3v) is 7.21. The molecule has 0 radical (unpaired) electrons. The molecule has 3 heterocycles. The molecule has 188 valence electrons. The zero-order chi connectivity index (χ0) is 24.6. The average Bonchev–Trinajstić information content (AvgIpc) is 3.55. The molecule has 6 nitrogen and oxygen atoms in total. The molecule has 1 aliphatic heterocycles. The number of nitrogens with zero attached hydrogens (tertiary/aromatic N) is 4. The number of rotatable bonds is 6. The summed E-state index contributed by atoms with van der Waals surface area (Å²) >= 11 is 1.10. The molecule has 2 aromatic heterocycles. The summed E-state index contributed by atoms with van der Waals surface area (Å²) in [5, 5.41) is 0.326. The van der Waals surface area contributed by atoms with Gasteiger partial charge in [0, 0.05) is 42.7 Å². The fourth-order valence-electron chi connectivity index (χ4n) is 4.52. The van der Waals surface area contributed by atoms with E-state index in [4.69, 9.17) is 4.74 Å². The van der Waals surface area contributed by atoms with Crippen LogP contribution < -0.4 is 9.64 Å². The van der Waals surface area contributed by atoms with Gasteiger partial charge in [0.15, 0.2) is 10.9 Å². The van der Waals surface area contributed by atoms with Crippen LogP contribution in [0.5, 0.6) is 11.5 Å². The highest BCUT2D eigenvalue weighted by atomic mass is 35.5. The van der Waals surface area contributed by atoms with Crippen molar-refractivity contribution in [2.45, 2.75) is 18.9 Å². The van der Waals surface area contributed by atoms with Gasteiger partial charge in [0.2, 0.25) is 5.91 Å². The quantitative estimate of drug-likeness (QED) is 0.246. The van der Waals surface area contributed by atoms with Gasteiger partial charge in [-0.15, -0.1) is 12.4 Å². The summed E-state index contributed by atoms with van der Waals surface area (Å²) in [6.45, 7) is 0.973. The first-order chi connectivity index (χ1) is 17.6. The zero-order valence-electron chi connectivity index (χ0n) is 19.4. The predicted molar refractivity (Wildman–Crippen MR) is 141 cm³/mol. The number of anilines is 1. The van der Waals surface area contributed by atoms with Crippen molar-refractivity contribution >= 4 is 45.0 Å². The van der Waals surface area contributed by atoms with E-state index in [1.165, 1.54) is 6.07 Å². The van der Waals surface area contributed by atoms with Crippen LogP contribution in [0.2, 0.25) is 0 Å². The molecule has 37 heavy (non-hydrogen) atoms. The summed E-state index contributed by atoms with van der Waals surface area (Å²) in [7, 11) is 0. The molecule has 10 heteroatoms. The summed E-state index contributed by atoms with van der Waals surface area (Å²) in [5.41, 5.74) is 1.55. The van der Waals surface area contributed by atoms with Crippen LogP contribution in [0.15, 0.2) is 79.4 Å². The van der Waals surface area contributed by atoms with Crippen LogP contribution in [0.3, 0.4) is 0 Å². The van der Waals surface area contributed by atoms with E-state index in [0.29, 0.717) is 40.8 Å². The van der Waals surface area contributed by atoms with Crippen molar-refractivity contribution in [2.75, 3.05) is 11.4 Å². The molecule has 0 bridgehead atoms. The molecule has 0 aliphatic carbocycles. The number of carbonyl (C=O) groups is 1. The number of para-hydroxylation sites is 2. The lowest BCUT2D eigenvalue weighted by Gasteiger charge is -2.31. The van der Waals surface area contributed by atoms with Gasteiger partial charge in [-0.1, -0.05) is 47.7 Å². The van der Waals surface area contributed by atoms with E-state index in [2.05, 4.69) is 9.97 Å². The van der Waals surface area contributed by atoms with Crippen molar-refractivity contribution < 1.29 is 18.3 Å². The van der Waals surface area contributed by atoms with E-state index in [1.807, 2.05) is 59.3 Å². The van der Waals surface area contributed by atoms with E-state index >= 15 is 0 Å². The van der Waals surface area contributed by atoms with Crippen LogP contribution in [0, 0.1) is 11.6 Å². The van der Waals surface area contributed by atoms with Crippen molar-refractivity contribution in [1.82, 2.24) is 14.5 Å². The van der Waals surface area contributed by atoms with Gasteiger partial charge in [-0.3, -0.25) is 9.69 Å². The van der Waals surface area contributed by atoms with Crippen molar-refractivity contribution in [3.8, 4) is 11.5 Å². The molecule has 0 spiro atoms. The largest absolute Gasteiger partial charge is 0.457 e. The average molecular weight is 539 g/mol. The standard InChI is InChI=1S/C27H20F2N4O2S.ClH/c28-17-14-20(29)25-23(15-17)36-27(31-25)33(12-5-11-32-13-10-30-16-32)26(34)24-18-6-1-3-8-21(18)35-22-9-4-2-7-19(22)24;/h1-4,6-10,13-16,24H,5,11-12H2;1H. The zero-order valence-corrected chi connectivity index (χ0v) is 21.0. The lowest BCUT2D eigenvalue weighted by Crippen LogP contribution is -2.37. The Balaban J connectivity index is 0.00000280. The molecule has 1 aliphatic rings. The highest BCUT2D eigenvalue weighted by Gasteiger charge is 2.36. The Morgan fingerprint density at radius 2 is 1.76 bits per heavy atom. The Kier molecular flexibility index (Phi) is 6.90. The lowest BCUT2D eigenvalue weighted by atomic mass is 9.87. The minimum absolute atomic E-state index is 0. The Bertz CT molecular complexity index is 1530. The van der Waals surface area contributed by atoms with E-state index in [1.54, 1.807) is 17.4 Å². The first kappa shape index (κ1) is 24.9. The third kappa shape index (κ3) is 4.68. The second kappa shape index (κ2) is 10.3. The molecule has 6 rings (SSSR count). The van der Waals surface area contributed by atoms with Crippen LogP contribution in [0.1, 0.15) is 23.5 Å². The fourth-order valence-corrected chi connectivity index (χ4v) is 5.56. The third-order valence-electron chi connectivity index (χ3n) is 6.18. The van der Waals surface area contributed by atoms with Gasteiger partial charge < -0.3 is 9.30 Å². The van der Waals surface area contributed by atoms with Crippen molar-refractivity contribution in [1.29, 1.82) is 0 Å². The maximum Gasteiger partial charge on any atom is 0.241 e. The molecule has 1 amide bonds. The molecule has 0 fully saturated rings. The van der Waals surface area contributed by atoms with Crippen LogP contribution in [-0.2, 0) is 11.3 Å². The van der Waals surface area contributed by atoms with E-state index in [0.717, 1.165) is 28.5 Å². The van der Waals surface area contributed by atoms with Crippen LogP contribution in [-0.4, -0.2) is 27.0 Å². The number of halogens is 3. The maximum absolute atomic E-state index is 14.5. The molecule has 0 saturated heterocycles. The van der Waals surface area contributed by atoms with Gasteiger partial charge >= 0.3 is 0 Å². The fraction of sp³-hybridized carbons (Fsp3) is 0.148. The minimum Gasteiger partial charge on any atom is -0.457 e. The van der Waals surface area contributed by atoms with Crippen molar-refractivity contribution in [2.24, 2.45) is 0 Å². The van der Waals surface area contributed by atoms with E-state index < -0.39 is 17.6 Å². The molecule has 0 N–H and O–H groups in total. The Labute approximate surface area is 221 Å². The summed E-state index contributed by atoms with van der Waals surface area (Å²) in [4.78, 5) is 24.4. The number of amides is 1. The van der Waals surface area contributed by atoms with Crippen LogP contribution in [0.4, 0.5) is 13.9 Å². The van der Waals surface area contributed by atoms with E-state index in [-0.39, 0.29) is 23.8 Å². The first-order valence-corrected chi connectivity index (χ1v) is 12.3. The number of aromatic nitrogens is 3. The molecular formula is C27H21ClF2N4O2S. The number of fused-ring (bicyclic) bond motifs is 3. The number of hydrogen-bond donors (Lipinski definition) is 0. The summed E-state index contributed by atoms with van der Waals surface area (Å²) in [6.07, 6.45) is 5.88. The van der Waals surface area contributed by atoms with Crippen molar-refractivity contribution in [3.05, 3.63) is 102 Å². The Morgan fingerprint density at radius 1 is 1.05 bits per heavy atom. The molecule has 3 aromatic carbocycles. The molecule has 0 saturated carbocycles. The number of ether oxygens (including phenoxy) is 1. The highest BCUT2D eigenvalue weighted by Crippen LogP contribution is 2.45. The second-order valence-corrected chi connectivity index (χ2v) is 9.49. The lowest BCUT2D eigenvalue weighted by molar-refractivity contribution is -0.119. The minimum atomic E-state index is -0.750. The summed E-state index contributed by atoms with van der Waals surface area (Å²) in [6, 6.07) is 17.0. The topological polar surface area (TPSA) is 60.2 Å².